The van der Waals surface area contributed by atoms with Crippen molar-refractivity contribution in [1.82, 2.24) is 21.4 Å². The van der Waals surface area contributed by atoms with Crippen molar-refractivity contribution >= 4 is 5.97 Å². The summed E-state index contributed by atoms with van der Waals surface area (Å²) in [5.74, 6) is 5.58. The van der Waals surface area contributed by atoms with E-state index in [0.29, 0.717) is 5.75 Å². The van der Waals surface area contributed by atoms with Gasteiger partial charge in [0.1, 0.15) is 5.75 Å². The number of aromatic nitrogens is 1. The minimum absolute atomic E-state index is 0.547. The van der Waals surface area contributed by atoms with Crippen molar-refractivity contribution in [1.29, 1.82) is 0 Å². The van der Waals surface area contributed by atoms with Crippen LogP contribution < -0.4 is 21.1 Å². The molecule has 0 bridgehead atoms. The molecule has 2 unspecified atom stereocenters. The maximum Gasteiger partial charge on any atom is 0.327 e. The molecular formula is C16H14N4O3. The molecule has 3 rings (SSSR count). The van der Waals surface area contributed by atoms with Crippen LogP contribution in [0.2, 0.25) is 0 Å². The zero-order chi connectivity index (χ0) is 16.1. The Morgan fingerprint density at radius 1 is 1.13 bits per heavy atom. The number of nitrogens with zero attached hydrogens (tertiary/aromatic N) is 1. The predicted octanol–water partition coefficient (Wildman–Crippen LogP) is 0.252. The highest BCUT2D eigenvalue weighted by Gasteiger charge is 2.34. The van der Waals surface area contributed by atoms with Crippen molar-refractivity contribution in [2.75, 3.05) is 0 Å². The number of hydrogen-bond donors (Lipinski definition) is 4. The number of hydrogen-bond acceptors (Lipinski definition) is 6. The zero-order valence-corrected chi connectivity index (χ0v) is 12.0. The third-order valence-electron chi connectivity index (χ3n) is 3.14. The summed E-state index contributed by atoms with van der Waals surface area (Å²) >= 11 is 0. The molecule has 23 heavy (non-hydrogen) atoms. The van der Waals surface area contributed by atoms with Crippen molar-refractivity contribution in [3.8, 4) is 17.6 Å². The van der Waals surface area contributed by atoms with Gasteiger partial charge in [0.2, 0.25) is 0 Å². The zero-order valence-electron chi connectivity index (χ0n) is 12.0. The Bertz CT molecular complexity index is 737. The van der Waals surface area contributed by atoms with E-state index in [0.717, 1.165) is 11.1 Å². The number of ether oxygens (including phenoxy) is 1. The molecule has 1 fully saturated rings. The van der Waals surface area contributed by atoms with Gasteiger partial charge < -0.3 is 9.84 Å². The molecule has 1 aromatic heterocycles. The number of benzene rings is 1. The van der Waals surface area contributed by atoms with Gasteiger partial charge in [0.05, 0.1) is 0 Å². The first kappa shape index (κ1) is 15.0. The number of nitrogens with one attached hydrogen (secondary N) is 3. The average Bonchev–Trinajstić information content (AvgIpc) is 3.04. The van der Waals surface area contributed by atoms with Gasteiger partial charge in [-0.2, -0.15) is 5.53 Å². The molecule has 0 spiro atoms. The first-order valence-corrected chi connectivity index (χ1v) is 6.90. The summed E-state index contributed by atoms with van der Waals surface area (Å²) in [5, 5.41) is 9.04. The van der Waals surface area contributed by atoms with Crippen LogP contribution in [-0.2, 0) is 4.79 Å². The molecule has 116 valence electrons. The van der Waals surface area contributed by atoms with Crippen LogP contribution in [0.5, 0.6) is 5.75 Å². The Morgan fingerprint density at radius 2 is 1.91 bits per heavy atom. The third kappa shape index (κ3) is 3.84. The van der Waals surface area contributed by atoms with E-state index in [-0.39, 0.29) is 0 Å². The van der Waals surface area contributed by atoms with Gasteiger partial charge in [-0.3, -0.25) is 9.78 Å². The lowest BCUT2D eigenvalue weighted by atomic mass is 10.2. The van der Waals surface area contributed by atoms with Crippen LogP contribution in [0.3, 0.4) is 0 Å². The molecule has 1 aromatic carbocycles. The van der Waals surface area contributed by atoms with Gasteiger partial charge in [0, 0.05) is 23.5 Å². The van der Waals surface area contributed by atoms with Gasteiger partial charge in [-0.05, 0) is 36.4 Å². The average molecular weight is 310 g/mol. The first-order chi connectivity index (χ1) is 11.2. The second-order valence-corrected chi connectivity index (χ2v) is 4.78. The van der Waals surface area contributed by atoms with Gasteiger partial charge in [-0.15, -0.1) is 0 Å². The number of hydrazine groups is 2. The maximum absolute atomic E-state index is 11.0. The molecule has 0 saturated carbocycles. The molecule has 1 aliphatic rings. The molecule has 0 amide bonds. The van der Waals surface area contributed by atoms with Gasteiger partial charge in [-0.25, -0.2) is 10.9 Å². The van der Waals surface area contributed by atoms with Crippen LogP contribution in [0.25, 0.3) is 0 Å². The molecule has 0 aliphatic carbocycles. The molecule has 1 saturated heterocycles. The number of aliphatic carboxylic acids is 1. The second kappa shape index (κ2) is 6.89. The smallest absolute Gasteiger partial charge is 0.327 e. The predicted molar refractivity (Wildman–Crippen MR) is 81.9 cm³/mol. The van der Waals surface area contributed by atoms with Crippen LogP contribution >= 0.6 is 0 Å². The quantitative estimate of drug-likeness (QED) is 0.604. The van der Waals surface area contributed by atoms with Crippen LogP contribution in [0.1, 0.15) is 11.1 Å². The number of pyridine rings is 1. The lowest BCUT2D eigenvalue weighted by Gasteiger charge is -2.16. The van der Waals surface area contributed by atoms with E-state index >= 15 is 0 Å². The lowest BCUT2D eigenvalue weighted by Crippen LogP contribution is -2.44. The molecule has 0 radical (unpaired) electrons. The van der Waals surface area contributed by atoms with E-state index in [9.17, 15) is 4.79 Å². The van der Waals surface area contributed by atoms with E-state index in [4.69, 9.17) is 9.84 Å². The van der Waals surface area contributed by atoms with Crippen LogP contribution in [0.15, 0.2) is 48.8 Å². The van der Waals surface area contributed by atoms with Crippen LogP contribution in [0, 0.1) is 11.8 Å². The summed E-state index contributed by atoms with van der Waals surface area (Å²) in [4.78, 5) is 15.0. The molecule has 7 heteroatoms. The Morgan fingerprint density at radius 3 is 2.61 bits per heavy atom. The minimum atomic E-state index is -1.01. The van der Waals surface area contributed by atoms with E-state index in [1.807, 2.05) is 24.3 Å². The van der Waals surface area contributed by atoms with Crippen molar-refractivity contribution in [2.24, 2.45) is 0 Å². The molecule has 2 aromatic rings. The van der Waals surface area contributed by atoms with Gasteiger partial charge in [0.25, 0.3) is 0 Å². The monoisotopic (exact) mass is 310 g/mol. The Hall–Kier alpha value is -2.92. The number of carboxylic acid groups (broad SMARTS) is 1. The van der Waals surface area contributed by atoms with Crippen molar-refractivity contribution in [3.05, 3.63) is 59.9 Å². The van der Waals surface area contributed by atoms with Crippen LogP contribution in [-0.4, -0.2) is 28.3 Å². The van der Waals surface area contributed by atoms with E-state index in [1.54, 1.807) is 24.5 Å². The molecular weight excluding hydrogens is 296 g/mol. The Kier molecular flexibility index (Phi) is 4.49. The van der Waals surface area contributed by atoms with Gasteiger partial charge >= 0.3 is 5.97 Å². The normalized spacial score (nSPS) is 19.7. The SMILES string of the molecule is O=C(O)C1NNNC1Oc1ccc(C#Cc2cccnc2)cc1. The molecule has 4 N–H and O–H groups in total. The van der Waals surface area contributed by atoms with Crippen LogP contribution in [0.4, 0.5) is 0 Å². The molecule has 1 aliphatic heterocycles. The number of carboxylic acids is 1. The number of carbonyl (C=O) groups is 1. The second-order valence-electron chi connectivity index (χ2n) is 4.78. The van der Waals surface area contributed by atoms with E-state index < -0.39 is 18.2 Å². The fraction of sp³-hybridized carbons (Fsp3) is 0.125. The van der Waals surface area contributed by atoms with Crippen molar-refractivity contribution in [3.63, 3.8) is 0 Å². The standard InChI is InChI=1S/C16H14N4O3/c21-16(22)14-15(19-20-18-14)23-13-7-5-11(6-8-13)3-4-12-2-1-9-17-10-12/h1-2,5-10,14-15,18-20H,(H,21,22). The largest absolute Gasteiger partial charge is 0.480 e. The summed E-state index contributed by atoms with van der Waals surface area (Å²) in [6.07, 6.45) is 2.69. The van der Waals surface area contributed by atoms with E-state index in [1.165, 1.54) is 0 Å². The third-order valence-corrected chi connectivity index (χ3v) is 3.14. The highest BCUT2D eigenvalue weighted by molar-refractivity contribution is 5.74. The summed E-state index contributed by atoms with van der Waals surface area (Å²) in [6, 6.07) is 9.94. The maximum atomic E-state index is 11.0. The molecule has 2 heterocycles. The first-order valence-electron chi connectivity index (χ1n) is 6.90. The topological polar surface area (TPSA) is 95.5 Å². The fourth-order valence-corrected chi connectivity index (χ4v) is 1.98. The Labute approximate surface area is 132 Å². The molecule has 2 atom stereocenters. The minimum Gasteiger partial charge on any atom is -0.480 e. The van der Waals surface area contributed by atoms with Gasteiger partial charge in [-0.1, -0.05) is 11.8 Å². The summed E-state index contributed by atoms with van der Waals surface area (Å²) in [6.45, 7) is 0. The van der Waals surface area contributed by atoms with Gasteiger partial charge in [0.15, 0.2) is 12.3 Å². The van der Waals surface area contributed by atoms with E-state index in [2.05, 4.69) is 33.2 Å². The summed E-state index contributed by atoms with van der Waals surface area (Å²) in [5.41, 5.74) is 9.46. The fourth-order valence-electron chi connectivity index (χ4n) is 1.98. The Balaban J connectivity index is 1.66. The number of rotatable bonds is 3. The van der Waals surface area contributed by atoms with Crippen molar-refractivity contribution in [2.45, 2.75) is 12.3 Å². The van der Waals surface area contributed by atoms with Crippen molar-refractivity contribution < 1.29 is 14.6 Å². The summed E-state index contributed by atoms with van der Waals surface area (Å²) < 4.78 is 5.59. The highest BCUT2D eigenvalue weighted by atomic mass is 16.5. The summed E-state index contributed by atoms with van der Waals surface area (Å²) in [7, 11) is 0. The highest BCUT2D eigenvalue weighted by Crippen LogP contribution is 2.15. The lowest BCUT2D eigenvalue weighted by molar-refractivity contribution is -0.141. The molecule has 7 nitrogen and oxygen atoms in total.